The number of quaternary nitrogens is 1. The van der Waals surface area contributed by atoms with E-state index < -0.39 is 0 Å². The van der Waals surface area contributed by atoms with Gasteiger partial charge in [0, 0.05) is 11.1 Å². The van der Waals surface area contributed by atoms with Crippen LogP contribution in [0, 0.1) is 5.82 Å². The van der Waals surface area contributed by atoms with Gasteiger partial charge >= 0.3 is 0 Å². The molecule has 1 aromatic carbocycles. The Morgan fingerprint density at radius 2 is 1.93 bits per heavy atom. The molecule has 1 amide bonds. The molecule has 0 spiro atoms. The summed E-state index contributed by atoms with van der Waals surface area (Å²) < 4.78 is 20.8. The van der Waals surface area contributed by atoms with Crippen molar-refractivity contribution in [3.8, 4) is 11.4 Å². The minimum atomic E-state index is -0.286. The number of amides is 1. The first-order chi connectivity index (χ1) is 13.8. The van der Waals surface area contributed by atoms with Crippen molar-refractivity contribution < 1.29 is 18.8 Å². The van der Waals surface area contributed by atoms with E-state index in [1.165, 1.54) is 28.8 Å². The van der Waals surface area contributed by atoms with E-state index in [-0.39, 0.29) is 23.0 Å². The predicted molar refractivity (Wildman–Crippen MR) is 110 cm³/mol. The maximum Gasteiger partial charge on any atom is 0.230 e. The average Bonchev–Trinajstić information content (AvgIpc) is 3.07. The van der Waals surface area contributed by atoms with Gasteiger partial charge in [-0.1, -0.05) is 11.8 Å². The summed E-state index contributed by atoms with van der Waals surface area (Å²) in [5, 5.41) is 12.3. The highest BCUT2D eigenvalue weighted by Crippen LogP contribution is 2.24. The van der Waals surface area contributed by atoms with Crippen molar-refractivity contribution in [2.24, 2.45) is 0 Å². The highest BCUT2D eigenvalue weighted by atomic mass is 32.2. The van der Waals surface area contributed by atoms with Gasteiger partial charge in [-0.25, -0.2) is 4.39 Å². The third-order valence-corrected chi connectivity index (χ3v) is 5.52. The van der Waals surface area contributed by atoms with Crippen molar-refractivity contribution >= 4 is 17.7 Å². The zero-order valence-electron chi connectivity index (χ0n) is 17.2. The van der Waals surface area contributed by atoms with E-state index in [1.54, 1.807) is 12.1 Å². The Hall–Kier alpha value is -1.97. The molecule has 1 saturated heterocycles. The lowest BCUT2D eigenvalue weighted by molar-refractivity contribution is -0.908. The molecule has 0 saturated carbocycles. The molecule has 0 bridgehead atoms. The summed E-state index contributed by atoms with van der Waals surface area (Å²) in [7, 11) is 0. The summed E-state index contributed by atoms with van der Waals surface area (Å²) in [6.07, 6.45) is 0. The minimum absolute atomic E-state index is 0.0424. The fourth-order valence-corrected chi connectivity index (χ4v) is 3.94. The number of halogens is 1. The Kier molecular flexibility index (Phi) is 7.26. The number of carbonyl (C=O) groups excluding carboxylic acids is 1. The maximum absolute atomic E-state index is 13.3. The van der Waals surface area contributed by atoms with Crippen LogP contribution in [0.25, 0.3) is 11.4 Å². The number of hydrogen-bond donors (Lipinski definition) is 2. The highest BCUT2D eigenvalue weighted by molar-refractivity contribution is 7.99. The van der Waals surface area contributed by atoms with E-state index in [0.29, 0.717) is 11.0 Å². The molecular formula is C20H29FN5O2S+. The van der Waals surface area contributed by atoms with Gasteiger partial charge in [-0.3, -0.25) is 9.36 Å². The molecule has 0 atom stereocenters. The van der Waals surface area contributed by atoms with Gasteiger partial charge in [-0.2, -0.15) is 0 Å². The van der Waals surface area contributed by atoms with E-state index in [9.17, 15) is 9.18 Å². The van der Waals surface area contributed by atoms with E-state index in [4.69, 9.17) is 4.74 Å². The normalized spacial score (nSPS) is 15.4. The molecule has 2 aromatic rings. The number of ether oxygens (including phenoxy) is 1. The monoisotopic (exact) mass is 422 g/mol. The van der Waals surface area contributed by atoms with E-state index in [0.717, 1.165) is 45.0 Å². The van der Waals surface area contributed by atoms with Gasteiger partial charge < -0.3 is 15.0 Å². The van der Waals surface area contributed by atoms with Crippen molar-refractivity contribution in [1.29, 1.82) is 0 Å². The van der Waals surface area contributed by atoms with Gasteiger partial charge in [0.2, 0.25) is 5.91 Å². The lowest BCUT2D eigenvalue weighted by atomic mass is 10.1. The Labute approximate surface area is 175 Å². The number of nitrogens with one attached hydrogen (secondary N) is 2. The van der Waals surface area contributed by atoms with Crippen molar-refractivity contribution in [3.05, 3.63) is 30.1 Å². The second-order valence-corrected chi connectivity index (χ2v) is 9.11. The molecule has 2 heterocycles. The standard InChI is InChI=1S/C20H28FN5O2S/c1-20(2,3)22-17(27)14-29-19-24-23-18(15-4-6-16(21)7-5-15)26(19)9-8-25-10-12-28-13-11-25/h4-7H,8-14H2,1-3H3,(H,22,27)/p+1. The second kappa shape index (κ2) is 9.69. The quantitative estimate of drug-likeness (QED) is 0.652. The molecule has 0 unspecified atom stereocenters. The van der Waals surface area contributed by atoms with Gasteiger partial charge in [0.25, 0.3) is 0 Å². The molecule has 7 nitrogen and oxygen atoms in total. The molecule has 3 rings (SSSR count). The van der Waals surface area contributed by atoms with Crippen LogP contribution in [0.5, 0.6) is 0 Å². The first kappa shape index (κ1) is 21.7. The Bertz CT molecular complexity index is 813. The lowest BCUT2D eigenvalue weighted by Crippen LogP contribution is -3.14. The molecule has 29 heavy (non-hydrogen) atoms. The second-order valence-electron chi connectivity index (χ2n) is 8.16. The lowest BCUT2D eigenvalue weighted by Gasteiger charge is -2.24. The molecule has 0 aliphatic carbocycles. The third-order valence-electron chi connectivity index (χ3n) is 4.55. The van der Waals surface area contributed by atoms with Crippen molar-refractivity contribution in [2.45, 2.75) is 38.0 Å². The van der Waals surface area contributed by atoms with E-state index in [1.807, 2.05) is 25.3 Å². The van der Waals surface area contributed by atoms with E-state index >= 15 is 0 Å². The first-order valence-electron chi connectivity index (χ1n) is 9.86. The number of rotatable bonds is 7. The Morgan fingerprint density at radius 3 is 2.59 bits per heavy atom. The molecule has 2 N–H and O–H groups in total. The summed E-state index contributed by atoms with van der Waals surface area (Å²) in [6.45, 7) is 11.0. The van der Waals surface area contributed by atoms with Crippen LogP contribution in [0.1, 0.15) is 20.8 Å². The molecule has 0 radical (unpaired) electrons. The van der Waals surface area contributed by atoms with Gasteiger partial charge in [0.15, 0.2) is 11.0 Å². The number of nitrogens with zero attached hydrogens (tertiary/aromatic N) is 3. The minimum Gasteiger partial charge on any atom is -0.370 e. The number of aromatic nitrogens is 3. The number of hydrogen-bond acceptors (Lipinski definition) is 5. The summed E-state index contributed by atoms with van der Waals surface area (Å²) in [4.78, 5) is 13.7. The van der Waals surface area contributed by atoms with Gasteiger partial charge in [0.05, 0.1) is 32.1 Å². The molecule has 1 aliphatic heterocycles. The molecule has 1 fully saturated rings. The van der Waals surface area contributed by atoms with Crippen LogP contribution in [0.3, 0.4) is 0 Å². The molecule has 1 aliphatic rings. The van der Waals surface area contributed by atoms with Crippen LogP contribution in [0.15, 0.2) is 29.4 Å². The molecule has 1 aromatic heterocycles. The van der Waals surface area contributed by atoms with Crippen LogP contribution in [0.4, 0.5) is 4.39 Å². The summed E-state index contributed by atoms with van der Waals surface area (Å²) in [5.41, 5.74) is 0.534. The molecule has 9 heteroatoms. The highest BCUT2D eigenvalue weighted by Gasteiger charge is 2.20. The van der Waals surface area contributed by atoms with Gasteiger partial charge in [-0.15, -0.1) is 10.2 Å². The van der Waals surface area contributed by atoms with Crippen molar-refractivity contribution in [3.63, 3.8) is 0 Å². The molecular weight excluding hydrogens is 393 g/mol. The summed E-state index contributed by atoms with van der Waals surface area (Å²) >= 11 is 1.37. The largest absolute Gasteiger partial charge is 0.370 e. The zero-order valence-corrected chi connectivity index (χ0v) is 18.0. The third kappa shape index (κ3) is 6.52. The fourth-order valence-electron chi connectivity index (χ4n) is 3.17. The Morgan fingerprint density at radius 1 is 1.24 bits per heavy atom. The first-order valence-corrected chi connectivity index (χ1v) is 10.8. The van der Waals surface area contributed by atoms with Crippen molar-refractivity contribution in [1.82, 2.24) is 20.1 Å². The SMILES string of the molecule is CC(C)(C)NC(=O)CSc1nnc(-c2ccc(F)cc2)n1CC[NH+]1CCOCC1. The smallest absolute Gasteiger partial charge is 0.230 e. The van der Waals surface area contributed by atoms with Gasteiger partial charge in [-0.05, 0) is 45.0 Å². The van der Waals surface area contributed by atoms with Crippen LogP contribution in [-0.4, -0.2) is 64.8 Å². The number of morpholine rings is 1. The van der Waals surface area contributed by atoms with Crippen LogP contribution < -0.4 is 10.2 Å². The van der Waals surface area contributed by atoms with Gasteiger partial charge in [0.1, 0.15) is 18.9 Å². The number of thioether (sulfide) groups is 1. The fraction of sp³-hybridized carbons (Fsp3) is 0.550. The molecule has 158 valence electrons. The Balaban J connectivity index is 1.75. The summed E-state index contributed by atoms with van der Waals surface area (Å²) in [6, 6.07) is 6.26. The number of benzene rings is 1. The van der Waals surface area contributed by atoms with Crippen LogP contribution in [-0.2, 0) is 16.1 Å². The van der Waals surface area contributed by atoms with Crippen molar-refractivity contribution in [2.75, 3.05) is 38.6 Å². The van der Waals surface area contributed by atoms with Crippen LogP contribution >= 0.6 is 11.8 Å². The topological polar surface area (TPSA) is 73.5 Å². The zero-order chi connectivity index (χ0) is 20.9. The van der Waals surface area contributed by atoms with Crippen LogP contribution in [0.2, 0.25) is 0 Å². The predicted octanol–water partition coefficient (Wildman–Crippen LogP) is 1.01. The summed E-state index contributed by atoms with van der Waals surface area (Å²) in [5.74, 6) is 0.630. The average molecular weight is 423 g/mol. The number of carbonyl (C=O) groups is 1. The van der Waals surface area contributed by atoms with E-state index in [2.05, 4.69) is 15.5 Å². The maximum atomic E-state index is 13.3.